The lowest BCUT2D eigenvalue weighted by Gasteiger charge is -2.01. The van der Waals surface area contributed by atoms with Crippen molar-refractivity contribution >= 4 is 17.7 Å². The number of hydrogen-bond donors (Lipinski definition) is 2. The minimum atomic E-state index is -1.29. The summed E-state index contributed by atoms with van der Waals surface area (Å²) >= 11 is 0. The second-order valence-electron chi connectivity index (χ2n) is 2.54. The number of carbonyl (C=O) groups is 1. The largest absolute Gasteiger partial charge is 0.478 e. The average Bonchev–Trinajstić information content (AvgIpc) is 2.11. The van der Waals surface area contributed by atoms with Crippen LogP contribution >= 0.6 is 0 Å². The van der Waals surface area contributed by atoms with Crippen molar-refractivity contribution in [2.24, 2.45) is 0 Å². The number of carboxylic acid groups (broad SMARTS) is 1. The van der Waals surface area contributed by atoms with E-state index in [4.69, 9.17) is 10.8 Å². The molecule has 0 unspecified atom stereocenters. The number of rotatable bonds is 2. The first kappa shape index (κ1) is 10.2. The van der Waals surface area contributed by atoms with Crippen LogP contribution in [-0.2, 0) is 4.79 Å². The predicted molar refractivity (Wildman–Crippen MR) is 47.4 cm³/mol. The van der Waals surface area contributed by atoms with Gasteiger partial charge in [-0.15, -0.1) is 0 Å². The Kier molecular flexibility index (Phi) is 2.81. The van der Waals surface area contributed by atoms with Crippen molar-refractivity contribution in [1.82, 2.24) is 0 Å². The molecule has 3 N–H and O–H groups in total. The van der Waals surface area contributed by atoms with Crippen molar-refractivity contribution in [2.75, 3.05) is 5.73 Å². The molecule has 0 heterocycles. The Morgan fingerprint density at radius 3 is 2.64 bits per heavy atom. The molecule has 1 aromatic carbocycles. The Labute approximate surface area is 78.5 Å². The highest BCUT2D eigenvalue weighted by atomic mass is 19.1. The summed E-state index contributed by atoms with van der Waals surface area (Å²) in [5.74, 6) is -3.09. The molecule has 0 aromatic heterocycles. The van der Waals surface area contributed by atoms with Crippen LogP contribution in [0.15, 0.2) is 18.2 Å². The van der Waals surface area contributed by atoms with Gasteiger partial charge in [-0.05, 0) is 18.2 Å². The van der Waals surface area contributed by atoms with Crippen LogP contribution in [0.1, 0.15) is 5.56 Å². The third kappa shape index (κ3) is 2.07. The van der Waals surface area contributed by atoms with Gasteiger partial charge in [-0.25, -0.2) is 13.6 Å². The lowest BCUT2D eigenvalue weighted by molar-refractivity contribution is -0.131. The van der Waals surface area contributed by atoms with Crippen LogP contribution in [0.4, 0.5) is 14.5 Å². The number of nitrogens with two attached hydrogens (primary N) is 1. The smallest absolute Gasteiger partial charge is 0.328 e. The summed E-state index contributed by atoms with van der Waals surface area (Å²) < 4.78 is 26.0. The Hall–Kier alpha value is -1.91. The summed E-state index contributed by atoms with van der Waals surface area (Å²) in [5, 5.41) is 8.26. The lowest BCUT2D eigenvalue weighted by Crippen LogP contribution is -1.97. The Morgan fingerprint density at radius 1 is 1.43 bits per heavy atom. The van der Waals surface area contributed by atoms with Crippen LogP contribution in [0.5, 0.6) is 0 Å². The van der Waals surface area contributed by atoms with Gasteiger partial charge in [0.05, 0.1) is 5.69 Å². The zero-order valence-corrected chi connectivity index (χ0v) is 7.00. The highest BCUT2D eigenvalue weighted by Gasteiger charge is 2.08. The van der Waals surface area contributed by atoms with Crippen LogP contribution in [0.2, 0.25) is 0 Å². The second kappa shape index (κ2) is 3.87. The molecule has 0 amide bonds. The van der Waals surface area contributed by atoms with E-state index in [-0.39, 0.29) is 5.69 Å². The van der Waals surface area contributed by atoms with E-state index in [0.717, 1.165) is 18.2 Å². The van der Waals surface area contributed by atoms with Crippen LogP contribution < -0.4 is 5.73 Å². The molecule has 0 aliphatic carbocycles. The summed E-state index contributed by atoms with van der Waals surface area (Å²) in [6.07, 6.45) is 1.46. The van der Waals surface area contributed by atoms with Gasteiger partial charge in [0.25, 0.3) is 0 Å². The minimum Gasteiger partial charge on any atom is -0.478 e. The van der Waals surface area contributed by atoms with E-state index in [1.807, 2.05) is 0 Å². The van der Waals surface area contributed by atoms with Gasteiger partial charge < -0.3 is 10.8 Å². The Balaban J connectivity index is 3.19. The van der Waals surface area contributed by atoms with Crippen molar-refractivity contribution in [2.45, 2.75) is 0 Å². The predicted octanol–water partition coefficient (Wildman–Crippen LogP) is 1.64. The number of carboxylic acids is 1. The van der Waals surface area contributed by atoms with E-state index in [1.54, 1.807) is 0 Å². The SMILES string of the molecule is Nc1ccc(F)c(C=CC(=O)O)c1F. The molecule has 14 heavy (non-hydrogen) atoms. The zero-order chi connectivity index (χ0) is 10.7. The number of hydrogen-bond acceptors (Lipinski definition) is 2. The normalized spacial score (nSPS) is 10.7. The number of anilines is 1. The van der Waals surface area contributed by atoms with E-state index in [1.165, 1.54) is 0 Å². The molecule has 74 valence electrons. The molecule has 1 rings (SSSR count). The monoisotopic (exact) mass is 199 g/mol. The third-order valence-electron chi connectivity index (χ3n) is 1.55. The highest BCUT2D eigenvalue weighted by Crippen LogP contribution is 2.19. The van der Waals surface area contributed by atoms with Gasteiger partial charge in [0, 0.05) is 11.6 Å². The van der Waals surface area contributed by atoms with Gasteiger partial charge in [0.15, 0.2) is 5.82 Å². The molecule has 3 nitrogen and oxygen atoms in total. The maximum absolute atomic E-state index is 13.1. The average molecular weight is 199 g/mol. The molecule has 0 aliphatic rings. The Morgan fingerprint density at radius 2 is 2.07 bits per heavy atom. The van der Waals surface area contributed by atoms with Crippen LogP contribution in [0, 0.1) is 11.6 Å². The molecular formula is C9H7F2NO2. The Bertz CT molecular complexity index is 402. The highest BCUT2D eigenvalue weighted by molar-refractivity contribution is 5.85. The second-order valence-corrected chi connectivity index (χ2v) is 2.54. The standard InChI is InChI=1S/C9H7F2NO2/c10-6-2-3-7(12)9(11)5(6)1-4-8(13)14/h1-4H,12H2,(H,13,14). The first-order valence-corrected chi connectivity index (χ1v) is 3.67. The van der Waals surface area contributed by atoms with Gasteiger partial charge in [-0.1, -0.05) is 0 Å². The molecule has 0 fully saturated rings. The van der Waals surface area contributed by atoms with Crippen molar-refractivity contribution in [3.63, 3.8) is 0 Å². The first-order valence-electron chi connectivity index (χ1n) is 3.67. The van der Waals surface area contributed by atoms with E-state index in [9.17, 15) is 13.6 Å². The number of halogens is 2. The molecular weight excluding hydrogens is 192 g/mol. The number of benzene rings is 1. The lowest BCUT2D eigenvalue weighted by atomic mass is 10.1. The van der Waals surface area contributed by atoms with E-state index in [0.29, 0.717) is 6.08 Å². The van der Waals surface area contributed by atoms with Gasteiger partial charge in [0.2, 0.25) is 0 Å². The minimum absolute atomic E-state index is 0.226. The van der Waals surface area contributed by atoms with E-state index >= 15 is 0 Å². The fourth-order valence-corrected chi connectivity index (χ4v) is 0.894. The van der Waals surface area contributed by atoms with Gasteiger partial charge >= 0.3 is 5.97 Å². The number of aliphatic carboxylic acids is 1. The third-order valence-corrected chi connectivity index (χ3v) is 1.55. The topological polar surface area (TPSA) is 63.3 Å². The van der Waals surface area contributed by atoms with Crippen LogP contribution in [-0.4, -0.2) is 11.1 Å². The van der Waals surface area contributed by atoms with Crippen molar-refractivity contribution in [1.29, 1.82) is 0 Å². The molecule has 0 saturated heterocycles. The van der Waals surface area contributed by atoms with Crippen LogP contribution in [0.25, 0.3) is 6.08 Å². The maximum Gasteiger partial charge on any atom is 0.328 e. The van der Waals surface area contributed by atoms with E-state index in [2.05, 4.69) is 0 Å². The summed E-state index contributed by atoms with van der Waals surface area (Å²) in [7, 11) is 0. The van der Waals surface area contributed by atoms with Crippen molar-refractivity contribution < 1.29 is 18.7 Å². The van der Waals surface area contributed by atoms with E-state index < -0.39 is 23.2 Å². The van der Waals surface area contributed by atoms with Crippen LogP contribution in [0.3, 0.4) is 0 Å². The summed E-state index contributed by atoms with van der Waals surface area (Å²) in [6, 6.07) is 2.04. The van der Waals surface area contributed by atoms with Gasteiger partial charge in [-0.3, -0.25) is 0 Å². The quantitative estimate of drug-likeness (QED) is 0.562. The molecule has 0 bridgehead atoms. The molecule has 1 aromatic rings. The van der Waals surface area contributed by atoms with Gasteiger partial charge in [0.1, 0.15) is 5.82 Å². The summed E-state index contributed by atoms with van der Waals surface area (Å²) in [6.45, 7) is 0. The molecule has 0 radical (unpaired) electrons. The van der Waals surface area contributed by atoms with Crippen molar-refractivity contribution in [3.05, 3.63) is 35.4 Å². The molecule has 0 saturated carbocycles. The molecule has 0 spiro atoms. The summed E-state index contributed by atoms with van der Waals surface area (Å²) in [4.78, 5) is 10.1. The zero-order valence-electron chi connectivity index (χ0n) is 7.00. The maximum atomic E-state index is 13.1. The van der Waals surface area contributed by atoms with Crippen molar-refractivity contribution in [3.8, 4) is 0 Å². The van der Waals surface area contributed by atoms with Gasteiger partial charge in [-0.2, -0.15) is 0 Å². The summed E-state index contributed by atoms with van der Waals surface area (Å²) in [5.41, 5.74) is 4.50. The number of nitrogen functional groups attached to an aromatic ring is 1. The fourth-order valence-electron chi connectivity index (χ4n) is 0.894. The molecule has 5 heteroatoms. The molecule has 0 aliphatic heterocycles. The first-order chi connectivity index (χ1) is 6.52. The fraction of sp³-hybridized carbons (Fsp3) is 0. The molecule has 0 atom stereocenters.